The van der Waals surface area contributed by atoms with Crippen molar-refractivity contribution in [3.05, 3.63) is 69.8 Å². The largest absolute Gasteiger partial charge is 0.383 e. The van der Waals surface area contributed by atoms with Crippen molar-refractivity contribution in [3.8, 4) is 5.69 Å². The van der Waals surface area contributed by atoms with E-state index in [9.17, 15) is 9.59 Å². The Balaban J connectivity index is 2.29. The second-order valence-electron chi connectivity index (χ2n) is 7.53. The van der Waals surface area contributed by atoms with Gasteiger partial charge >= 0.3 is 0 Å². The molecule has 1 unspecified atom stereocenters. The second-order valence-corrected chi connectivity index (χ2v) is 7.53. The molecule has 2 aromatic carbocycles. The molecule has 6 nitrogen and oxygen atoms in total. The number of nitrogens with zero attached hydrogens (tertiary/aromatic N) is 3. The summed E-state index contributed by atoms with van der Waals surface area (Å²) in [6.07, 6.45) is 0.370. The van der Waals surface area contributed by atoms with E-state index in [4.69, 9.17) is 9.72 Å². The molecule has 3 aromatic rings. The maximum atomic E-state index is 13.6. The average Bonchev–Trinajstić information content (AvgIpc) is 2.74. The van der Waals surface area contributed by atoms with Crippen LogP contribution in [0, 0.1) is 13.8 Å². The second kappa shape index (κ2) is 9.22. The number of aryl methyl sites for hydroxylation is 2. The lowest BCUT2D eigenvalue weighted by atomic mass is 10.1. The molecule has 0 radical (unpaired) electrons. The molecule has 0 saturated carbocycles. The molecule has 6 heteroatoms. The number of hydrogen-bond donors (Lipinski definition) is 0. The first-order valence-electron chi connectivity index (χ1n) is 10.3. The van der Waals surface area contributed by atoms with E-state index < -0.39 is 6.04 Å². The van der Waals surface area contributed by atoms with Crippen molar-refractivity contribution in [3.63, 3.8) is 0 Å². The molecule has 3 rings (SSSR count). The standard InChI is InChI=1S/C24H29N3O3/c1-6-22(28)26(13-14-30-5)18(4)23-25-20-10-8-7-9-19(20)24(29)27(23)21-12-11-16(2)15-17(21)3/h7-12,15,18H,6,13-14H2,1-5H3. The number of aromatic nitrogens is 2. The number of benzene rings is 2. The number of ether oxygens (including phenoxy) is 1. The predicted molar refractivity (Wildman–Crippen MR) is 119 cm³/mol. The van der Waals surface area contributed by atoms with Gasteiger partial charge in [0.25, 0.3) is 5.56 Å². The summed E-state index contributed by atoms with van der Waals surface area (Å²) in [6.45, 7) is 8.60. The first kappa shape index (κ1) is 21.7. The molecule has 0 aliphatic rings. The molecule has 1 heterocycles. The number of methoxy groups -OCH3 is 1. The van der Waals surface area contributed by atoms with Crippen LogP contribution < -0.4 is 5.56 Å². The number of fused-ring (bicyclic) bond motifs is 1. The zero-order valence-electron chi connectivity index (χ0n) is 18.3. The van der Waals surface area contributed by atoms with Gasteiger partial charge in [-0.25, -0.2) is 4.98 Å². The average molecular weight is 408 g/mol. The van der Waals surface area contributed by atoms with Crippen molar-refractivity contribution >= 4 is 16.8 Å². The molecular weight excluding hydrogens is 378 g/mol. The van der Waals surface area contributed by atoms with Gasteiger partial charge in [-0.2, -0.15) is 0 Å². The zero-order chi connectivity index (χ0) is 21.8. The quantitative estimate of drug-likeness (QED) is 0.595. The van der Waals surface area contributed by atoms with Crippen LogP contribution in [0.2, 0.25) is 0 Å². The molecule has 0 aliphatic heterocycles. The number of carbonyl (C=O) groups is 1. The summed E-state index contributed by atoms with van der Waals surface area (Å²) in [5.41, 5.74) is 3.37. The van der Waals surface area contributed by atoms with Crippen LogP contribution in [0.4, 0.5) is 0 Å². The highest BCUT2D eigenvalue weighted by molar-refractivity contribution is 5.79. The number of amides is 1. The molecule has 0 aliphatic carbocycles. The van der Waals surface area contributed by atoms with Crippen LogP contribution in [0.3, 0.4) is 0 Å². The molecule has 0 fully saturated rings. The van der Waals surface area contributed by atoms with E-state index in [1.807, 2.05) is 64.1 Å². The number of para-hydroxylation sites is 1. The van der Waals surface area contributed by atoms with E-state index in [0.29, 0.717) is 36.3 Å². The lowest BCUT2D eigenvalue weighted by Gasteiger charge is -2.30. The Labute approximate surface area is 177 Å². The van der Waals surface area contributed by atoms with Gasteiger partial charge in [-0.05, 0) is 44.5 Å². The van der Waals surface area contributed by atoms with Gasteiger partial charge in [-0.15, -0.1) is 0 Å². The van der Waals surface area contributed by atoms with Crippen LogP contribution in [0.25, 0.3) is 16.6 Å². The molecule has 30 heavy (non-hydrogen) atoms. The van der Waals surface area contributed by atoms with E-state index in [-0.39, 0.29) is 11.5 Å². The number of carbonyl (C=O) groups excluding carboxylic acids is 1. The Morgan fingerprint density at radius 1 is 1.20 bits per heavy atom. The third-order valence-electron chi connectivity index (χ3n) is 5.40. The molecule has 1 atom stereocenters. The van der Waals surface area contributed by atoms with Gasteiger partial charge in [0.05, 0.1) is 29.2 Å². The minimum Gasteiger partial charge on any atom is -0.383 e. The third kappa shape index (κ3) is 4.14. The number of hydrogen-bond acceptors (Lipinski definition) is 4. The van der Waals surface area contributed by atoms with E-state index in [1.54, 1.807) is 22.6 Å². The molecule has 0 saturated heterocycles. The van der Waals surface area contributed by atoms with Crippen molar-refractivity contribution in [2.45, 2.75) is 40.2 Å². The Kier molecular flexibility index (Phi) is 6.67. The maximum absolute atomic E-state index is 13.6. The fraction of sp³-hybridized carbons (Fsp3) is 0.375. The Morgan fingerprint density at radius 3 is 2.60 bits per heavy atom. The molecule has 1 amide bonds. The normalized spacial score (nSPS) is 12.2. The van der Waals surface area contributed by atoms with Gasteiger partial charge in [0.15, 0.2) is 0 Å². The summed E-state index contributed by atoms with van der Waals surface area (Å²) in [4.78, 5) is 32.8. The van der Waals surface area contributed by atoms with Crippen molar-refractivity contribution in [1.82, 2.24) is 14.5 Å². The summed E-state index contributed by atoms with van der Waals surface area (Å²) in [5.74, 6) is 0.540. The Hall–Kier alpha value is -2.99. The van der Waals surface area contributed by atoms with Crippen LogP contribution >= 0.6 is 0 Å². The Morgan fingerprint density at radius 2 is 1.93 bits per heavy atom. The van der Waals surface area contributed by atoms with Gasteiger partial charge < -0.3 is 9.64 Å². The number of rotatable bonds is 7. The monoisotopic (exact) mass is 407 g/mol. The van der Waals surface area contributed by atoms with Crippen molar-refractivity contribution in [2.24, 2.45) is 0 Å². The Bertz CT molecular complexity index is 1120. The van der Waals surface area contributed by atoms with Crippen molar-refractivity contribution in [2.75, 3.05) is 20.3 Å². The SMILES string of the molecule is CCC(=O)N(CCOC)C(C)c1nc2ccccc2c(=O)n1-c1ccc(C)cc1C. The van der Waals surface area contributed by atoms with Crippen LogP contribution in [0.15, 0.2) is 47.3 Å². The molecule has 1 aromatic heterocycles. The molecule has 0 spiro atoms. The van der Waals surface area contributed by atoms with Crippen LogP contribution in [0.1, 0.15) is 43.3 Å². The zero-order valence-corrected chi connectivity index (χ0v) is 18.3. The smallest absolute Gasteiger partial charge is 0.266 e. The first-order valence-corrected chi connectivity index (χ1v) is 10.3. The molecule has 0 N–H and O–H groups in total. The van der Waals surface area contributed by atoms with E-state index in [0.717, 1.165) is 16.8 Å². The molecular formula is C24H29N3O3. The third-order valence-corrected chi connectivity index (χ3v) is 5.40. The lowest BCUT2D eigenvalue weighted by molar-refractivity contribution is -0.134. The first-order chi connectivity index (χ1) is 14.4. The summed E-state index contributed by atoms with van der Waals surface area (Å²) in [7, 11) is 1.61. The highest BCUT2D eigenvalue weighted by Gasteiger charge is 2.26. The van der Waals surface area contributed by atoms with Gasteiger partial charge in [-0.1, -0.05) is 36.8 Å². The minimum atomic E-state index is -0.398. The molecule has 158 valence electrons. The minimum absolute atomic E-state index is 0.00543. The highest BCUT2D eigenvalue weighted by Crippen LogP contribution is 2.25. The van der Waals surface area contributed by atoms with Crippen molar-refractivity contribution in [1.29, 1.82) is 0 Å². The topological polar surface area (TPSA) is 64.4 Å². The van der Waals surface area contributed by atoms with Gasteiger partial charge in [-0.3, -0.25) is 14.2 Å². The lowest BCUT2D eigenvalue weighted by Crippen LogP contribution is -2.39. The fourth-order valence-corrected chi connectivity index (χ4v) is 3.79. The van der Waals surface area contributed by atoms with Crippen LogP contribution in [-0.4, -0.2) is 40.6 Å². The van der Waals surface area contributed by atoms with Gasteiger partial charge in [0.1, 0.15) is 5.82 Å². The van der Waals surface area contributed by atoms with E-state index >= 15 is 0 Å². The fourth-order valence-electron chi connectivity index (χ4n) is 3.79. The summed E-state index contributed by atoms with van der Waals surface area (Å²) < 4.78 is 6.87. The van der Waals surface area contributed by atoms with Crippen molar-refractivity contribution < 1.29 is 9.53 Å². The van der Waals surface area contributed by atoms with E-state index in [1.165, 1.54) is 0 Å². The highest BCUT2D eigenvalue weighted by atomic mass is 16.5. The van der Waals surface area contributed by atoms with Gasteiger partial charge in [0.2, 0.25) is 5.91 Å². The van der Waals surface area contributed by atoms with Gasteiger partial charge in [0, 0.05) is 20.1 Å². The molecule has 0 bridgehead atoms. The summed E-state index contributed by atoms with van der Waals surface area (Å²) in [6, 6.07) is 12.9. The van der Waals surface area contributed by atoms with Crippen LogP contribution in [-0.2, 0) is 9.53 Å². The predicted octanol–water partition coefficient (Wildman–Crippen LogP) is 3.95. The maximum Gasteiger partial charge on any atom is 0.266 e. The summed E-state index contributed by atoms with van der Waals surface area (Å²) in [5, 5.41) is 0.554. The van der Waals surface area contributed by atoms with E-state index in [2.05, 4.69) is 0 Å². The summed E-state index contributed by atoms with van der Waals surface area (Å²) >= 11 is 0. The van der Waals surface area contributed by atoms with Crippen LogP contribution in [0.5, 0.6) is 0 Å².